The van der Waals surface area contributed by atoms with Crippen molar-refractivity contribution in [1.82, 2.24) is 5.32 Å². The molecule has 1 fully saturated rings. The number of amides is 2. The van der Waals surface area contributed by atoms with Crippen LogP contribution in [0.3, 0.4) is 0 Å². The lowest BCUT2D eigenvalue weighted by atomic mass is 9.96. The normalized spacial score (nSPS) is 13.8. The van der Waals surface area contributed by atoms with E-state index in [0.717, 1.165) is 18.4 Å². The Balaban J connectivity index is 1.53. The Hall–Kier alpha value is -3.39. The highest BCUT2D eigenvalue weighted by Crippen LogP contribution is 2.21. The fourth-order valence-electron chi connectivity index (χ4n) is 3.41. The zero-order chi connectivity index (χ0) is 22.8. The molecule has 0 unspecified atom stereocenters. The summed E-state index contributed by atoms with van der Waals surface area (Å²) in [5.41, 5.74) is 1.91. The first kappa shape index (κ1) is 23.3. The number of anilines is 1. The topological polar surface area (TPSA) is 103 Å². The molecule has 0 spiro atoms. The number of para-hydroxylation sites is 1. The van der Waals surface area contributed by atoms with Crippen molar-refractivity contribution >= 4 is 23.7 Å². The molecule has 0 bridgehead atoms. The van der Waals surface area contributed by atoms with Gasteiger partial charge in [0.25, 0.3) is 5.91 Å². The number of benzene rings is 2. The molecule has 170 valence electrons. The minimum atomic E-state index is -0.792. The number of carbonyl (C=O) groups excluding carboxylic acids is 3. The summed E-state index contributed by atoms with van der Waals surface area (Å²) in [4.78, 5) is 36.3. The molecule has 0 aromatic heterocycles. The van der Waals surface area contributed by atoms with E-state index in [1.54, 1.807) is 19.1 Å². The van der Waals surface area contributed by atoms with E-state index in [2.05, 4.69) is 10.6 Å². The summed E-state index contributed by atoms with van der Waals surface area (Å²) in [6, 6.07) is 13.6. The number of carbonyl (C=O) groups is 3. The van der Waals surface area contributed by atoms with Gasteiger partial charge in [0.15, 0.2) is 0 Å². The van der Waals surface area contributed by atoms with Crippen LogP contribution in [-0.2, 0) is 20.8 Å². The van der Waals surface area contributed by atoms with E-state index < -0.39 is 6.16 Å². The summed E-state index contributed by atoms with van der Waals surface area (Å²) in [6.45, 7) is 3.57. The highest BCUT2D eigenvalue weighted by atomic mass is 16.7. The van der Waals surface area contributed by atoms with Crippen LogP contribution in [0.2, 0.25) is 0 Å². The van der Waals surface area contributed by atoms with Crippen molar-refractivity contribution in [3.8, 4) is 5.75 Å². The minimum Gasteiger partial charge on any atom is -0.434 e. The highest BCUT2D eigenvalue weighted by Gasteiger charge is 2.18. The summed E-state index contributed by atoms with van der Waals surface area (Å²) in [6.07, 6.45) is 1.47. The van der Waals surface area contributed by atoms with Gasteiger partial charge in [0.05, 0.1) is 6.61 Å². The molecular formula is C24H28N2O6. The van der Waals surface area contributed by atoms with Crippen LogP contribution in [0.5, 0.6) is 5.75 Å². The van der Waals surface area contributed by atoms with E-state index in [-0.39, 0.29) is 30.7 Å². The van der Waals surface area contributed by atoms with Gasteiger partial charge in [-0.3, -0.25) is 9.59 Å². The summed E-state index contributed by atoms with van der Waals surface area (Å²) >= 11 is 0. The quantitative estimate of drug-likeness (QED) is 0.477. The predicted octanol–water partition coefficient (Wildman–Crippen LogP) is 3.91. The van der Waals surface area contributed by atoms with Gasteiger partial charge in [0.2, 0.25) is 5.91 Å². The van der Waals surface area contributed by atoms with Crippen LogP contribution in [0.1, 0.15) is 42.1 Å². The number of hydrogen-bond donors (Lipinski definition) is 2. The van der Waals surface area contributed by atoms with Crippen LogP contribution in [0.15, 0.2) is 48.5 Å². The van der Waals surface area contributed by atoms with E-state index in [4.69, 9.17) is 14.2 Å². The molecule has 0 aliphatic carbocycles. The van der Waals surface area contributed by atoms with E-state index in [1.807, 2.05) is 24.3 Å². The van der Waals surface area contributed by atoms with Crippen LogP contribution in [0.25, 0.3) is 0 Å². The monoisotopic (exact) mass is 440 g/mol. The zero-order valence-corrected chi connectivity index (χ0v) is 18.1. The molecule has 2 aromatic carbocycles. The Bertz CT molecular complexity index is 922. The molecule has 32 heavy (non-hydrogen) atoms. The van der Waals surface area contributed by atoms with Crippen LogP contribution < -0.4 is 15.4 Å². The highest BCUT2D eigenvalue weighted by molar-refractivity contribution is 5.95. The molecule has 0 radical (unpaired) electrons. The Morgan fingerprint density at radius 1 is 1.03 bits per heavy atom. The third kappa shape index (κ3) is 7.09. The molecule has 2 aromatic rings. The molecule has 1 heterocycles. The second-order valence-corrected chi connectivity index (χ2v) is 7.46. The average molecular weight is 440 g/mol. The van der Waals surface area contributed by atoms with Gasteiger partial charge in [-0.05, 0) is 61.6 Å². The molecular weight excluding hydrogens is 412 g/mol. The fraction of sp³-hybridized carbons (Fsp3) is 0.375. The molecule has 1 aliphatic heterocycles. The number of hydrogen-bond acceptors (Lipinski definition) is 6. The van der Waals surface area contributed by atoms with Crippen molar-refractivity contribution < 1.29 is 28.6 Å². The van der Waals surface area contributed by atoms with E-state index in [9.17, 15) is 14.4 Å². The van der Waals surface area contributed by atoms with E-state index in [0.29, 0.717) is 36.8 Å². The zero-order valence-electron chi connectivity index (χ0n) is 18.1. The van der Waals surface area contributed by atoms with E-state index in [1.165, 1.54) is 12.1 Å². The Kier molecular flexibility index (Phi) is 8.62. The molecule has 0 atom stereocenters. The lowest BCUT2D eigenvalue weighted by Gasteiger charge is -2.21. The molecule has 8 nitrogen and oxygen atoms in total. The lowest BCUT2D eigenvalue weighted by molar-refractivity contribution is -0.117. The minimum absolute atomic E-state index is 0.0344. The SMILES string of the molecule is CCOC(=O)Oc1ccc(C(=O)NCc2ccccc2NC(=O)CC2CCOCC2)cc1. The van der Waals surface area contributed by atoms with Crippen molar-refractivity contribution in [2.75, 3.05) is 25.1 Å². The maximum Gasteiger partial charge on any atom is 0.513 e. The number of rotatable bonds is 8. The second kappa shape index (κ2) is 11.9. The first-order valence-corrected chi connectivity index (χ1v) is 10.7. The molecule has 8 heteroatoms. The van der Waals surface area contributed by atoms with Gasteiger partial charge >= 0.3 is 6.16 Å². The first-order valence-electron chi connectivity index (χ1n) is 10.7. The fourth-order valence-corrected chi connectivity index (χ4v) is 3.41. The molecule has 1 saturated heterocycles. The van der Waals surface area contributed by atoms with Gasteiger partial charge in [-0.25, -0.2) is 4.79 Å². The average Bonchev–Trinajstić information content (AvgIpc) is 2.79. The molecule has 3 rings (SSSR count). The van der Waals surface area contributed by atoms with Crippen molar-refractivity contribution in [3.63, 3.8) is 0 Å². The number of ether oxygens (including phenoxy) is 3. The summed E-state index contributed by atoms with van der Waals surface area (Å²) in [7, 11) is 0. The summed E-state index contributed by atoms with van der Waals surface area (Å²) < 4.78 is 15.0. The standard InChI is InChI=1S/C24H28N2O6/c1-2-31-24(29)32-20-9-7-18(8-10-20)23(28)25-16-19-5-3-4-6-21(19)26-22(27)15-17-11-13-30-14-12-17/h3-10,17H,2,11-16H2,1H3,(H,25,28)(H,26,27). The number of nitrogens with one attached hydrogen (secondary N) is 2. The molecule has 1 aliphatic rings. The third-order valence-electron chi connectivity index (χ3n) is 5.13. The van der Waals surface area contributed by atoms with Gasteiger partial charge in [-0.2, -0.15) is 0 Å². The molecule has 2 amide bonds. The summed E-state index contributed by atoms with van der Waals surface area (Å²) in [5.74, 6) is 0.313. The van der Waals surface area contributed by atoms with Crippen molar-refractivity contribution in [2.45, 2.75) is 32.7 Å². The Morgan fingerprint density at radius 2 is 1.75 bits per heavy atom. The molecule has 0 saturated carbocycles. The molecule has 2 N–H and O–H groups in total. The van der Waals surface area contributed by atoms with Crippen molar-refractivity contribution in [2.24, 2.45) is 5.92 Å². The lowest BCUT2D eigenvalue weighted by Crippen LogP contribution is -2.25. The van der Waals surface area contributed by atoms with Gasteiger partial charge < -0.3 is 24.8 Å². The van der Waals surface area contributed by atoms with Gasteiger partial charge in [-0.15, -0.1) is 0 Å². The third-order valence-corrected chi connectivity index (χ3v) is 5.13. The summed E-state index contributed by atoms with van der Waals surface area (Å²) in [5, 5.41) is 5.82. The predicted molar refractivity (Wildman–Crippen MR) is 118 cm³/mol. The Morgan fingerprint density at radius 3 is 2.47 bits per heavy atom. The van der Waals surface area contributed by atoms with Crippen LogP contribution in [0.4, 0.5) is 10.5 Å². The first-order chi connectivity index (χ1) is 15.5. The van der Waals surface area contributed by atoms with Gasteiger partial charge in [-0.1, -0.05) is 18.2 Å². The van der Waals surface area contributed by atoms with Crippen LogP contribution >= 0.6 is 0 Å². The van der Waals surface area contributed by atoms with E-state index >= 15 is 0 Å². The Labute approximate surface area is 187 Å². The largest absolute Gasteiger partial charge is 0.513 e. The van der Waals surface area contributed by atoms with Crippen molar-refractivity contribution in [1.29, 1.82) is 0 Å². The van der Waals surface area contributed by atoms with Gasteiger partial charge in [0, 0.05) is 37.4 Å². The van der Waals surface area contributed by atoms with Crippen LogP contribution in [-0.4, -0.2) is 37.8 Å². The van der Waals surface area contributed by atoms with Crippen LogP contribution in [0, 0.1) is 5.92 Å². The van der Waals surface area contributed by atoms with Gasteiger partial charge in [0.1, 0.15) is 5.75 Å². The second-order valence-electron chi connectivity index (χ2n) is 7.46. The smallest absolute Gasteiger partial charge is 0.434 e. The maximum atomic E-state index is 12.5. The maximum absolute atomic E-state index is 12.5. The van der Waals surface area contributed by atoms with Crippen molar-refractivity contribution in [3.05, 3.63) is 59.7 Å².